The fraction of sp³-hybridized carbons (Fsp3) is 0.600. The minimum absolute atomic E-state index is 0.167. The van der Waals surface area contributed by atoms with E-state index < -0.39 is 0 Å². The number of aromatic nitrogens is 3. The summed E-state index contributed by atoms with van der Waals surface area (Å²) in [5.41, 5.74) is 1.18. The molecule has 3 rings (SSSR count). The summed E-state index contributed by atoms with van der Waals surface area (Å²) in [5.74, 6) is 0.505. The van der Waals surface area contributed by atoms with Gasteiger partial charge < -0.3 is 15.0 Å². The molecule has 0 saturated carbocycles. The first kappa shape index (κ1) is 15.5. The van der Waals surface area contributed by atoms with E-state index in [1.54, 1.807) is 11.3 Å². The summed E-state index contributed by atoms with van der Waals surface area (Å²) in [6.45, 7) is 2.65. The molecule has 1 fully saturated rings. The van der Waals surface area contributed by atoms with Crippen molar-refractivity contribution in [3.63, 3.8) is 0 Å². The molecule has 2 aromatic rings. The van der Waals surface area contributed by atoms with E-state index in [2.05, 4.69) is 21.6 Å². The Kier molecular flexibility index (Phi) is 4.75. The molecule has 1 aliphatic heterocycles. The molecule has 2 aromatic heterocycles. The van der Waals surface area contributed by atoms with Crippen LogP contribution in [0.4, 0.5) is 5.13 Å². The number of ether oxygens (including phenoxy) is 1. The number of nitrogens with zero attached hydrogens (tertiary/aromatic N) is 4. The van der Waals surface area contributed by atoms with Crippen LogP contribution in [0.3, 0.4) is 0 Å². The topological polar surface area (TPSA) is 55.2 Å². The molecule has 0 amide bonds. The predicted molar refractivity (Wildman–Crippen MR) is 88.2 cm³/mol. The normalized spacial score (nSPS) is 21.4. The van der Waals surface area contributed by atoms with Crippen LogP contribution in [0.5, 0.6) is 0 Å². The molecule has 0 bridgehead atoms. The van der Waals surface area contributed by atoms with Crippen LogP contribution >= 0.6 is 11.3 Å². The molecule has 2 atom stereocenters. The average molecular weight is 321 g/mol. The zero-order chi connectivity index (χ0) is 15.5. The Balaban J connectivity index is 1.52. The van der Waals surface area contributed by atoms with Crippen LogP contribution < -0.4 is 10.2 Å². The molecule has 7 heteroatoms. The highest BCUT2D eigenvalue weighted by molar-refractivity contribution is 7.15. The summed E-state index contributed by atoms with van der Waals surface area (Å²) in [6, 6.07) is 0. The SMILES string of the molecule is CN(C)c1ncc(CNC[C@H]2CCO[C@@H]2c2cnn(C)c2)s1. The van der Waals surface area contributed by atoms with Crippen LogP contribution in [-0.2, 0) is 18.3 Å². The van der Waals surface area contributed by atoms with Gasteiger partial charge in [-0.1, -0.05) is 0 Å². The maximum absolute atomic E-state index is 5.89. The highest BCUT2D eigenvalue weighted by Gasteiger charge is 2.30. The third-order valence-corrected chi connectivity index (χ3v) is 5.06. The van der Waals surface area contributed by atoms with Gasteiger partial charge >= 0.3 is 0 Å². The van der Waals surface area contributed by atoms with E-state index in [9.17, 15) is 0 Å². The van der Waals surface area contributed by atoms with Gasteiger partial charge in [0.05, 0.1) is 12.3 Å². The first-order chi connectivity index (χ1) is 10.6. The van der Waals surface area contributed by atoms with Gasteiger partial charge in [0.25, 0.3) is 0 Å². The van der Waals surface area contributed by atoms with Crippen molar-refractivity contribution in [3.8, 4) is 0 Å². The Morgan fingerprint density at radius 3 is 3.00 bits per heavy atom. The first-order valence-corrected chi connectivity index (χ1v) is 8.38. The maximum atomic E-state index is 5.89. The molecule has 120 valence electrons. The van der Waals surface area contributed by atoms with Gasteiger partial charge in [0.15, 0.2) is 5.13 Å². The van der Waals surface area contributed by atoms with Gasteiger partial charge in [-0.15, -0.1) is 11.3 Å². The van der Waals surface area contributed by atoms with E-state index in [0.717, 1.165) is 31.2 Å². The van der Waals surface area contributed by atoms with Crippen molar-refractivity contribution < 1.29 is 4.74 Å². The minimum Gasteiger partial charge on any atom is -0.373 e. The fourth-order valence-corrected chi connectivity index (χ4v) is 3.57. The molecule has 1 N–H and O–H groups in total. The minimum atomic E-state index is 0.167. The number of hydrogen-bond donors (Lipinski definition) is 1. The number of aryl methyl sites for hydroxylation is 1. The lowest BCUT2D eigenvalue weighted by atomic mass is 9.97. The van der Waals surface area contributed by atoms with Gasteiger partial charge in [0, 0.05) is 69.6 Å². The van der Waals surface area contributed by atoms with Crippen LogP contribution in [0, 0.1) is 5.92 Å². The fourth-order valence-electron chi connectivity index (χ4n) is 2.76. The quantitative estimate of drug-likeness (QED) is 0.879. The largest absolute Gasteiger partial charge is 0.373 e. The van der Waals surface area contributed by atoms with E-state index in [0.29, 0.717) is 5.92 Å². The van der Waals surface area contributed by atoms with Crippen molar-refractivity contribution in [3.05, 3.63) is 29.0 Å². The molecular formula is C15H23N5OS. The zero-order valence-electron chi connectivity index (χ0n) is 13.3. The van der Waals surface area contributed by atoms with Gasteiger partial charge in [0.1, 0.15) is 0 Å². The van der Waals surface area contributed by atoms with Crippen LogP contribution in [0.1, 0.15) is 23.0 Å². The maximum Gasteiger partial charge on any atom is 0.185 e. The van der Waals surface area contributed by atoms with Crippen LogP contribution in [-0.4, -0.2) is 42.0 Å². The summed E-state index contributed by atoms with van der Waals surface area (Å²) in [4.78, 5) is 7.70. The van der Waals surface area contributed by atoms with Crippen LogP contribution in [0.15, 0.2) is 18.6 Å². The Bertz CT molecular complexity index is 609. The molecule has 1 aliphatic rings. The zero-order valence-corrected chi connectivity index (χ0v) is 14.1. The molecule has 1 saturated heterocycles. The summed E-state index contributed by atoms with van der Waals surface area (Å²) < 4.78 is 7.73. The monoisotopic (exact) mass is 321 g/mol. The molecule has 22 heavy (non-hydrogen) atoms. The molecule has 0 aromatic carbocycles. The third kappa shape index (κ3) is 3.48. The number of hydrogen-bond acceptors (Lipinski definition) is 6. The first-order valence-electron chi connectivity index (χ1n) is 7.56. The van der Waals surface area contributed by atoms with Crippen molar-refractivity contribution in [2.75, 3.05) is 32.1 Å². The van der Waals surface area contributed by atoms with Gasteiger partial charge in [-0.05, 0) is 6.42 Å². The Hall–Kier alpha value is -1.44. The van der Waals surface area contributed by atoms with Crippen molar-refractivity contribution in [2.45, 2.75) is 19.1 Å². The average Bonchev–Trinajstić information content (AvgIpc) is 3.18. The summed E-state index contributed by atoms with van der Waals surface area (Å²) in [6.07, 6.45) is 7.18. The summed E-state index contributed by atoms with van der Waals surface area (Å²) in [5, 5.41) is 8.85. The Labute approximate surface area is 135 Å². The Morgan fingerprint density at radius 1 is 1.45 bits per heavy atom. The van der Waals surface area contributed by atoms with E-state index in [4.69, 9.17) is 4.74 Å². The van der Waals surface area contributed by atoms with Crippen LogP contribution in [0.2, 0.25) is 0 Å². The lowest BCUT2D eigenvalue weighted by Gasteiger charge is -2.17. The molecule has 3 heterocycles. The van der Waals surface area contributed by atoms with E-state index >= 15 is 0 Å². The standard InChI is InChI=1S/C15H23N5OS/c1-19(2)15-17-9-13(22-15)8-16-6-11-4-5-21-14(11)12-7-18-20(3)10-12/h7,9-11,14,16H,4-6,8H2,1-3H3/t11-,14+/m1/s1. The van der Waals surface area contributed by atoms with Gasteiger partial charge in [0.2, 0.25) is 0 Å². The van der Waals surface area contributed by atoms with Gasteiger partial charge in [-0.2, -0.15) is 5.10 Å². The second-order valence-electron chi connectivity index (χ2n) is 5.92. The molecular weight excluding hydrogens is 298 g/mol. The third-order valence-electron chi connectivity index (χ3n) is 3.90. The van der Waals surface area contributed by atoms with Crippen molar-refractivity contribution in [1.82, 2.24) is 20.1 Å². The number of thiazole rings is 1. The Morgan fingerprint density at radius 2 is 2.32 bits per heavy atom. The van der Waals surface area contributed by atoms with Gasteiger partial charge in [-0.3, -0.25) is 4.68 Å². The lowest BCUT2D eigenvalue weighted by Crippen LogP contribution is -2.24. The molecule has 0 spiro atoms. The molecule has 0 radical (unpaired) electrons. The van der Waals surface area contributed by atoms with Crippen molar-refractivity contribution in [1.29, 1.82) is 0 Å². The van der Waals surface area contributed by atoms with E-state index in [-0.39, 0.29) is 6.10 Å². The summed E-state index contributed by atoms with van der Waals surface area (Å²) in [7, 11) is 5.98. The van der Waals surface area contributed by atoms with Crippen molar-refractivity contribution >= 4 is 16.5 Å². The number of rotatable bonds is 6. The number of nitrogens with one attached hydrogen (secondary N) is 1. The van der Waals surface area contributed by atoms with Gasteiger partial charge in [-0.25, -0.2) is 4.98 Å². The molecule has 0 aliphatic carbocycles. The number of anilines is 1. The predicted octanol–water partition coefficient (Wildman–Crippen LogP) is 1.81. The van der Waals surface area contributed by atoms with E-state index in [1.165, 1.54) is 10.4 Å². The lowest BCUT2D eigenvalue weighted by molar-refractivity contribution is 0.0904. The van der Waals surface area contributed by atoms with E-state index in [1.807, 2.05) is 43.1 Å². The van der Waals surface area contributed by atoms with Crippen molar-refractivity contribution in [2.24, 2.45) is 13.0 Å². The smallest absolute Gasteiger partial charge is 0.185 e. The molecule has 6 nitrogen and oxygen atoms in total. The summed E-state index contributed by atoms with van der Waals surface area (Å²) >= 11 is 1.73. The highest BCUT2D eigenvalue weighted by atomic mass is 32.1. The molecule has 0 unspecified atom stereocenters. The second-order valence-corrected chi connectivity index (χ2v) is 7.02. The highest BCUT2D eigenvalue weighted by Crippen LogP contribution is 2.33. The van der Waals surface area contributed by atoms with Crippen LogP contribution in [0.25, 0.3) is 0 Å². The second kappa shape index (κ2) is 6.76.